The highest BCUT2D eigenvalue weighted by molar-refractivity contribution is 8.00. The minimum Gasteiger partial charge on any atom is -0.409 e. The van der Waals surface area contributed by atoms with E-state index in [4.69, 9.17) is 10.9 Å². The van der Waals surface area contributed by atoms with Crippen molar-refractivity contribution in [2.45, 2.75) is 37.5 Å². The highest BCUT2D eigenvalue weighted by atomic mass is 32.2. The molecular formula is C10H22N4O3S2. The molecule has 0 aromatic heterocycles. The summed E-state index contributed by atoms with van der Waals surface area (Å²) in [7, 11) is -3.44. The second-order valence-electron chi connectivity index (χ2n) is 4.86. The Morgan fingerprint density at radius 1 is 1.47 bits per heavy atom. The van der Waals surface area contributed by atoms with Gasteiger partial charge in [-0.05, 0) is 32.9 Å². The van der Waals surface area contributed by atoms with Gasteiger partial charge < -0.3 is 10.9 Å². The molecule has 1 heterocycles. The molecule has 0 radical (unpaired) electrons. The summed E-state index contributed by atoms with van der Waals surface area (Å²) in [4.78, 5) is 0. The predicted molar refractivity (Wildman–Crippen MR) is 77.7 cm³/mol. The fraction of sp³-hybridized carbons (Fsp3) is 0.900. The van der Waals surface area contributed by atoms with Gasteiger partial charge in [0.2, 0.25) is 0 Å². The van der Waals surface area contributed by atoms with E-state index in [0.29, 0.717) is 25.9 Å². The monoisotopic (exact) mass is 310 g/mol. The Morgan fingerprint density at radius 2 is 2.00 bits per heavy atom. The molecule has 1 fully saturated rings. The summed E-state index contributed by atoms with van der Waals surface area (Å²) >= 11 is 1.49. The third-order valence-electron chi connectivity index (χ3n) is 3.22. The normalized spacial score (nSPS) is 21.8. The number of nitrogens with zero attached hydrogens (tertiary/aromatic N) is 2. The van der Waals surface area contributed by atoms with Gasteiger partial charge in [0.25, 0.3) is 10.2 Å². The Morgan fingerprint density at radius 3 is 2.37 bits per heavy atom. The third-order valence-corrected chi connectivity index (χ3v) is 6.43. The first-order chi connectivity index (χ1) is 8.77. The van der Waals surface area contributed by atoms with E-state index in [1.165, 1.54) is 16.1 Å². The molecule has 0 atom stereocenters. The van der Waals surface area contributed by atoms with Crippen LogP contribution in [0.5, 0.6) is 0 Å². The zero-order chi connectivity index (χ0) is 14.7. The number of oxime groups is 1. The van der Waals surface area contributed by atoms with Crippen LogP contribution in [0, 0.1) is 0 Å². The lowest BCUT2D eigenvalue weighted by molar-refractivity contribution is 0.299. The number of piperidine rings is 1. The average Bonchev–Trinajstić information content (AvgIpc) is 2.36. The largest absolute Gasteiger partial charge is 0.409 e. The van der Waals surface area contributed by atoms with Crippen LogP contribution in [0.2, 0.25) is 0 Å². The van der Waals surface area contributed by atoms with Crippen LogP contribution in [0.25, 0.3) is 0 Å². The Hall–Kier alpha value is -0.510. The van der Waals surface area contributed by atoms with E-state index in [-0.39, 0.29) is 11.9 Å². The number of nitrogens with two attached hydrogens (primary N) is 1. The summed E-state index contributed by atoms with van der Waals surface area (Å²) in [6.07, 6.45) is 2.95. The van der Waals surface area contributed by atoms with Gasteiger partial charge in [0.05, 0.1) is 4.75 Å². The fourth-order valence-corrected chi connectivity index (χ4v) is 4.36. The van der Waals surface area contributed by atoms with Crippen LogP contribution >= 0.6 is 11.8 Å². The molecule has 1 rings (SSSR count). The molecule has 0 spiro atoms. The van der Waals surface area contributed by atoms with Crippen molar-refractivity contribution in [3.8, 4) is 0 Å². The standard InChI is InChI=1S/C10H22N4O3S2/c1-8(2)13-19(16,17)14-6-4-10(18-3,5-7-14)9(11)12-15/h8,13,15H,4-7H2,1-3H3,(H2,11,12). The molecule has 0 amide bonds. The molecular weight excluding hydrogens is 288 g/mol. The molecule has 0 saturated carbocycles. The van der Waals surface area contributed by atoms with Crippen LogP contribution in [0.1, 0.15) is 26.7 Å². The zero-order valence-electron chi connectivity index (χ0n) is 11.5. The smallest absolute Gasteiger partial charge is 0.279 e. The van der Waals surface area contributed by atoms with E-state index in [2.05, 4.69) is 9.88 Å². The van der Waals surface area contributed by atoms with Crippen molar-refractivity contribution in [2.24, 2.45) is 10.9 Å². The number of thioether (sulfide) groups is 1. The second-order valence-corrected chi connectivity index (χ2v) is 7.75. The van der Waals surface area contributed by atoms with Gasteiger partial charge in [0.1, 0.15) is 0 Å². The molecule has 9 heteroatoms. The molecule has 1 saturated heterocycles. The second kappa shape index (κ2) is 6.29. The number of nitrogens with one attached hydrogen (secondary N) is 1. The quantitative estimate of drug-likeness (QED) is 0.290. The first-order valence-electron chi connectivity index (χ1n) is 6.08. The molecule has 0 aromatic rings. The van der Waals surface area contributed by atoms with Gasteiger partial charge in [-0.2, -0.15) is 29.2 Å². The lowest BCUT2D eigenvalue weighted by Gasteiger charge is -2.39. The van der Waals surface area contributed by atoms with Gasteiger partial charge in [-0.3, -0.25) is 0 Å². The van der Waals surface area contributed by atoms with Gasteiger partial charge in [0.15, 0.2) is 5.84 Å². The third kappa shape index (κ3) is 3.74. The van der Waals surface area contributed by atoms with Crippen LogP contribution in [-0.4, -0.2) is 53.9 Å². The van der Waals surface area contributed by atoms with E-state index < -0.39 is 15.0 Å². The van der Waals surface area contributed by atoms with Crippen molar-refractivity contribution in [1.29, 1.82) is 0 Å². The summed E-state index contributed by atoms with van der Waals surface area (Å²) in [5.41, 5.74) is 5.72. The molecule has 1 aliphatic rings. The summed E-state index contributed by atoms with van der Waals surface area (Å²) < 4.78 is 27.6. The highest BCUT2D eigenvalue weighted by Crippen LogP contribution is 2.35. The highest BCUT2D eigenvalue weighted by Gasteiger charge is 2.41. The van der Waals surface area contributed by atoms with Crippen molar-refractivity contribution in [3.05, 3.63) is 0 Å². The minimum absolute atomic E-state index is 0.138. The summed E-state index contributed by atoms with van der Waals surface area (Å²) in [6, 6.07) is -0.138. The molecule has 4 N–H and O–H groups in total. The Balaban J connectivity index is 2.77. The Labute approximate surface area is 118 Å². The van der Waals surface area contributed by atoms with E-state index in [1.807, 2.05) is 6.26 Å². The van der Waals surface area contributed by atoms with Crippen LogP contribution < -0.4 is 10.5 Å². The topological polar surface area (TPSA) is 108 Å². The molecule has 0 aliphatic carbocycles. The van der Waals surface area contributed by atoms with E-state index in [0.717, 1.165) is 0 Å². The number of amidine groups is 1. The van der Waals surface area contributed by atoms with Crippen LogP contribution in [0.4, 0.5) is 0 Å². The molecule has 112 valence electrons. The maximum Gasteiger partial charge on any atom is 0.279 e. The van der Waals surface area contributed by atoms with Crippen molar-refractivity contribution in [3.63, 3.8) is 0 Å². The van der Waals surface area contributed by atoms with E-state index in [1.54, 1.807) is 13.8 Å². The number of hydrogen-bond donors (Lipinski definition) is 3. The SMILES string of the molecule is CSC1(C(N)=NO)CCN(S(=O)(=O)NC(C)C)CC1. The van der Waals surface area contributed by atoms with Crippen LogP contribution in [0.3, 0.4) is 0 Å². The maximum absolute atomic E-state index is 12.0. The predicted octanol–water partition coefficient (Wildman–Crippen LogP) is 0.173. The van der Waals surface area contributed by atoms with Gasteiger partial charge in [-0.1, -0.05) is 5.16 Å². The van der Waals surface area contributed by atoms with Gasteiger partial charge in [-0.25, -0.2) is 0 Å². The molecule has 0 aromatic carbocycles. The van der Waals surface area contributed by atoms with Crippen molar-refractivity contribution in [2.75, 3.05) is 19.3 Å². The van der Waals surface area contributed by atoms with E-state index in [9.17, 15) is 8.42 Å². The summed E-state index contributed by atoms with van der Waals surface area (Å²) in [5.74, 6) is 0.161. The molecule has 0 bridgehead atoms. The number of hydrogen-bond acceptors (Lipinski definition) is 5. The van der Waals surface area contributed by atoms with Crippen LogP contribution in [0.15, 0.2) is 5.16 Å². The summed E-state index contributed by atoms with van der Waals surface area (Å²) in [6.45, 7) is 4.28. The maximum atomic E-state index is 12.0. The lowest BCUT2D eigenvalue weighted by atomic mass is 9.96. The van der Waals surface area contributed by atoms with Crippen molar-refractivity contribution >= 4 is 27.8 Å². The van der Waals surface area contributed by atoms with Gasteiger partial charge in [-0.15, -0.1) is 0 Å². The fourth-order valence-electron chi connectivity index (χ4n) is 2.12. The van der Waals surface area contributed by atoms with Crippen LogP contribution in [-0.2, 0) is 10.2 Å². The first-order valence-corrected chi connectivity index (χ1v) is 8.74. The lowest BCUT2D eigenvalue weighted by Crippen LogP contribution is -2.54. The Kier molecular flexibility index (Phi) is 5.48. The Bertz CT molecular complexity index is 428. The van der Waals surface area contributed by atoms with Gasteiger partial charge in [0, 0.05) is 19.1 Å². The average molecular weight is 310 g/mol. The van der Waals surface area contributed by atoms with Gasteiger partial charge >= 0.3 is 0 Å². The molecule has 19 heavy (non-hydrogen) atoms. The molecule has 7 nitrogen and oxygen atoms in total. The summed E-state index contributed by atoms with van der Waals surface area (Å²) in [5, 5.41) is 11.9. The van der Waals surface area contributed by atoms with E-state index >= 15 is 0 Å². The minimum atomic E-state index is -3.44. The van der Waals surface area contributed by atoms with Crippen molar-refractivity contribution < 1.29 is 13.6 Å². The zero-order valence-corrected chi connectivity index (χ0v) is 13.1. The molecule has 1 aliphatic heterocycles. The first kappa shape index (κ1) is 16.5. The molecule has 0 unspecified atom stereocenters. The number of rotatable bonds is 5. The van der Waals surface area contributed by atoms with Crippen molar-refractivity contribution in [1.82, 2.24) is 9.03 Å².